The van der Waals surface area contributed by atoms with Crippen LogP contribution in [-0.2, 0) is 19.1 Å². The minimum atomic E-state index is -0.551. The molecule has 4 rings (SSSR count). The smallest absolute Gasteiger partial charge is 0.351 e. The Morgan fingerprint density at radius 3 is 2.91 bits per heavy atom. The fraction of sp³-hybridized carbons (Fsp3) is 0.417. The van der Waals surface area contributed by atoms with Crippen LogP contribution in [0.4, 0.5) is 0 Å². The van der Waals surface area contributed by atoms with Crippen molar-refractivity contribution < 1.29 is 33.4 Å². The number of thiophene rings is 1. The summed E-state index contributed by atoms with van der Waals surface area (Å²) in [6.07, 6.45) is 2.08. The molecule has 1 aromatic carbocycles. The van der Waals surface area contributed by atoms with Gasteiger partial charge in [0.05, 0.1) is 29.1 Å². The first-order valence-electron chi connectivity index (χ1n) is 11.2. The summed E-state index contributed by atoms with van der Waals surface area (Å²) >= 11 is 4.74. The van der Waals surface area contributed by atoms with Crippen LogP contribution in [0.3, 0.4) is 0 Å². The molecule has 3 heterocycles. The number of benzene rings is 1. The summed E-state index contributed by atoms with van der Waals surface area (Å²) < 4.78 is 22.1. The zero-order valence-corrected chi connectivity index (χ0v) is 22.1. The van der Waals surface area contributed by atoms with Gasteiger partial charge in [0.1, 0.15) is 18.2 Å². The van der Waals surface area contributed by atoms with Crippen LogP contribution >= 0.6 is 27.3 Å². The second kappa shape index (κ2) is 11.4. The van der Waals surface area contributed by atoms with Gasteiger partial charge in [-0.1, -0.05) is 12.1 Å². The quantitative estimate of drug-likeness (QED) is 0.452. The summed E-state index contributed by atoms with van der Waals surface area (Å²) in [6.45, 7) is 5.77. The molecule has 2 aliphatic rings. The Labute approximate surface area is 216 Å². The molecule has 1 saturated heterocycles. The first kappa shape index (κ1) is 25.5. The molecule has 1 aromatic heterocycles. The third-order valence-corrected chi connectivity index (χ3v) is 7.89. The second-order valence-corrected chi connectivity index (χ2v) is 9.86. The summed E-state index contributed by atoms with van der Waals surface area (Å²) in [7, 11) is 1.30. The molecule has 2 aromatic rings. The van der Waals surface area contributed by atoms with Crippen LogP contribution in [0.2, 0.25) is 0 Å². The van der Waals surface area contributed by atoms with Gasteiger partial charge in [0.2, 0.25) is 0 Å². The van der Waals surface area contributed by atoms with Crippen molar-refractivity contribution in [1.82, 2.24) is 10.4 Å². The zero-order valence-electron chi connectivity index (χ0n) is 19.7. The Hall–Kier alpha value is -2.60. The van der Waals surface area contributed by atoms with Crippen LogP contribution in [0.15, 0.2) is 40.6 Å². The highest BCUT2D eigenvalue weighted by Gasteiger charge is 2.34. The normalized spacial score (nSPS) is 19.4. The number of ether oxygens (including phenoxy) is 4. The lowest BCUT2D eigenvalue weighted by molar-refractivity contribution is -0.145. The van der Waals surface area contributed by atoms with Crippen molar-refractivity contribution in [2.24, 2.45) is 5.92 Å². The second-order valence-electron chi connectivity index (χ2n) is 8.05. The Kier molecular flexibility index (Phi) is 8.32. The number of hydrogen-bond acceptors (Lipinski definition) is 10. The van der Waals surface area contributed by atoms with E-state index in [2.05, 4.69) is 39.3 Å². The van der Waals surface area contributed by atoms with E-state index in [1.54, 1.807) is 6.92 Å². The number of nitrogens with zero attached hydrogens (tertiary/aromatic N) is 1. The van der Waals surface area contributed by atoms with Gasteiger partial charge in [-0.05, 0) is 53.5 Å². The minimum Gasteiger partial charge on any atom is -0.479 e. The largest absolute Gasteiger partial charge is 0.479 e. The molecule has 0 saturated carbocycles. The molecule has 2 atom stereocenters. The molecule has 1 N–H and O–H groups in total. The van der Waals surface area contributed by atoms with E-state index >= 15 is 0 Å². The number of methoxy groups -OCH3 is 1. The topological polar surface area (TPSA) is 95.6 Å². The van der Waals surface area contributed by atoms with Crippen molar-refractivity contribution in [3.05, 3.63) is 45.5 Å². The van der Waals surface area contributed by atoms with Gasteiger partial charge in [-0.3, -0.25) is 4.90 Å². The van der Waals surface area contributed by atoms with E-state index in [1.165, 1.54) is 18.4 Å². The van der Waals surface area contributed by atoms with Gasteiger partial charge in [0.25, 0.3) is 0 Å². The number of nitrogens with one attached hydrogen (secondary N) is 1. The van der Waals surface area contributed by atoms with Crippen LogP contribution < -0.4 is 15.0 Å². The third kappa shape index (κ3) is 5.80. The molecule has 11 heteroatoms. The first-order valence-corrected chi connectivity index (χ1v) is 12.8. The van der Waals surface area contributed by atoms with Gasteiger partial charge in [0.15, 0.2) is 17.2 Å². The van der Waals surface area contributed by atoms with E-state index in [9.17, 15) is 9.59 Å². The fourth-order valence-electron chi connectivity index (χ4n) is 3.85. The molecule has 35 heavy (non-hydrogen) atoms. The number of fused-ring (bicyclic) bond motifs is 1. The standard InChI is InChI=1S/C24H27BrN2O7S/c1-4-31-19(28)12-32-21-20(25)22(35-23(21)24(29)30-3)15-6-5-7-16(10-15)33-13-27-9-8-18-17(11-27)14(2)26-34-18/h5-8,10,14,17,26H,4,9,11-13H2,1-3H3. The van der Waals surface area contributed by atoms with Crippen molar-refractivity contribution in [3.63, 3.8) is 0 Å². The van der Waals surface area contributed by atoms with Crippen molar-refractivity contribution in [2.45, 2.75) is 19.9 Å². The number of rotatable bonds is 9. The van der Waals surface area contributed by atoms with Gasteiger partial charge < -0.3 is 23.8 Å². The SMILES string of the molecule is CCOC(=O)COc1c(C(=O)OC)sc(-c2cccc(OCN3CC=C4ONC(C)C4C3)c2)c1Br. The predicted octanol–water partition coefficient (Wildman–Crippen LogP) is 3.98. The van der Waals surface area contributed by atoms with Gasteiger partial charge in [-0.15, -0.1) is 11.3 Å². The lowest BCUT2D eigenvalue weighted by atomic mass is 9.97. The van der Waals surface area contributed by atoms with Crippen LogP contribution in [0.1, 0.15) is 23.5 Å². The number of halogens is 1. The molecule has 188 valence electrons. The van der Waals surface area contributed by atoms with Crippen LogP contribution in [0.5, 0.6) is 11.5 Å². The molecule has 1 fully saturated rings. The van der Waals surface area contributed by atoms with E-state index in [1.807, 2.05) is 24.3 Å². The van der Waals surface area contributed by atoms with E-state index in [0.29, 0.717) is 22.9 Å². The minimum absolute atomic E-state index is 0.244. The number of hydroxylamine groups is 1. The molecule has 0 aliphatic carbocycles. The summed E-state index contributed by atoms with van der Waals surface area (Å²) in [6, 6.07) is 7.85. The van der Waals surface area contributed by atoms with Crippen LogP contribution in [0, 0.1) is 5.92 Å². The highest BCUT2D eigenvalue weighted by molar-refractivity contribution is 9.10. The highest BCUT2D eigenvalue weighted by atomic mass is 79.9. The maximum absolute atomic E-state index is 12.4. The van der Waals surface area contributed by atoms with Crippen molar-refractivity contribution in [3.8, 4) is 21.9 Å². The molecule has 0 amide bonds. The number of carbonyl (C=O) groups excluding carboxylic acids is 2. The number of carbonyl (C=O) groups is 2. The maximum atomic E-state index is 12.4. The zero-order chi connectivity index (χ0) is 24.9. The highest BCUT2D eigenvalue weighted by Crippen LogP contribution is 2.46. The number of hydrogen-bond donors (Lipinski definition) is 1. The molecular weight excluding hydrogens is 540 g/mol. The third-order valence-electron chi connectivity index (χ3n) is 5.67. The Bertz CT molecular complexity index is 1120. The monoisotopic (exact) mass is 566 g/mol. The van der Waals surface area contributed by atoms with Crippen LogP contribution in [0.25, 0.3) is 10.4 Å². The van der Waals surface area contributed by atoms with Crippen molar-refractivity contribution in [1.29, 1.82) is 0 Å². The van der Waals surface area contributed by atoms with Gasteiger partial charge in [-0.2, -0.15) is 5.48 Å². The van der Waals surface area contributed by atoms with Gasteiger partial charge in [-0.25, -0.2) is 9.59 Å². The van der Waals surface area contributed by atoms with Crippen molar-refractivity contribution >= 4 is 39.2 Å². The summed E-state index contributed by atoms with van der Waals surface area (Å²) in [5.74, 6) is 1.18. The molecule has 9 nitrogen and oxygen atoms in total. The van der Waals surface area contributed by atoms with Gasteiger partial charge >= 0.3 is 11.9 Å². The lowest BCUT2D eigenvalue weighted by Crippen LogP contribution is -2.39. The predicted molar refractivity (Wildman–Crippen MR) is 133 cm³/mol. The Morgan fingerprint density at radius 1 is 1.31 bits per heavy atom. The maximum Gasteiger partial charge on any atom is 0.351 e. The molecule has 0 spiro atoms. The molecule has 0 radical (unpaired) electrons. The summed E-state index contributed by atoms with van der Waals surface area (Å²) in [5, 5.41) is 0. The first-order chi connectivity index (χ1) is 16.9. The average Bonchev–Trinajstić information content (AvgIpc) is 3.40. The number of esters is 2. The van der Waals surface area contributed by atoms with E-state index in [4.69, 9.17) is 23.8 Å². The Balaban J connectivity index is 1.49. The fourth-order valence-corrected chi connectivity index (χ4v) is 5.82. The van der Waals surface area contributed by atoms with E-state index < -0.39 is 11.9 Å². The molecular formula is C24H27BrN2O7S. The lowest BCUT2D eigenvalue weighted by Gasteiger charge is -2.28. The average molecular weight is 567 g/mol. The molecule has 2 aliphatic heterocycles. The van der Waals surface area contributed by atoms with Gasteiger partial charge in [0, 0.05) is 19.0 Å². The molecule has 0 bridgehead atoms. The summed E-state index contributed by atoms with van der Waals surface area (Å²) in [5.41, 5.74) is 3.85. The van der Waals surface area contributed by atoms with E-state index in [0.717, 1.165) is 29.3 Å². The van der Waals surface area contributed by atoms with Crippen LogP contribution in [-0.4, -0.2) is 63.0 Å². The molecule has 2 unspecified atom stereocenters. The van der Waals surface area contributed by atoms with E-state index in [-0.39, 0.29) is 29.9 Å². The van der Waals surface area contributed by atoms with Crippen molar-refractivity contribution in [2.75, 3.05) is 40.1 Å². The Morgan fingerprint density at radius 2 is 2.14 bits per heavy atom. The summed E-state index contributed by atoms with van der Waals surface area (Å²) in [4.78, 5) is 32.9.